The molecule has 0 aliphatic heterocycles. The highest BCUT2D eigenvalue weighted by molar-refractivity contribution is 6.01. The van der Waals surface area contributed by atoms with Crippen LogP contribution in [0.25, 0.3) is 0 Å². The average Bonchev–Trinajstić information content (AvgIpc) is 2.66. The quantitative estimate of drug-likeness (QED) is 0.731. The molecule has 140 valence electrons. The minimum atomic E-state index is -3.14. The number of terminal acetylenes is 1. The van der Waals surface area contributed by atoms with Crippen LogP contribution in [0.3, 0.4) is 0 Å². The van der Waals surface area contributed by atoms with E-state index in [9.17, 15) is 18.4 Å². The third-order valence-electron chi connectivity index (χ3n) is 3.37. The van der Waals surface area contributed by atoms with Gasteiger partial charge in [-0.3, -0.25) is 9.59 Å². The summed E-state index contributed by atoms with van der Waals surface area (Å²) in [5, 5.41) is 4.91. The molecule has 0 radical (unpaired) electrons. The van der Waals surface area contributed by atoms with Gasteiger partial charge < -0.3 is 20.1 Å². The van der Waals surface area contributed by atoms with E-state index in [4.69, 9.17) is 11.2 Å². The Labute approximate surface area is 154 Å². The van der Waals surface area contributed by atoms with E-state index in [1.165, 1.54) is 25.3 Å². The highest BCUT2D eigenvalue weighted by Gasteiger charge is 2.20. The summed E-state index contributed by atoms with van der Waals surface area (Å²) in [7, 11) is 1.26. The van der Waals surface area contributed by atoms with E-state index in [-0.39, 0.29) is 17.9 Å². The summed E-state index contributed by atoms with van der Waals surface area (Å²) >= 11 is 0. The number of hydrogen-bond acceptors (Lipinski definition) is 4. The van der Waals surface area contributed by atoms with Crippen LogP contribution in [0.5, 0.6) is 11.5 Å². The second-order valence-corrected chi connectivity index (χ2v) is 5.17. The molecule has 0 aromatic heterocycles. The summed E-state index contributed by atoms with van der Waals surface area (Å²) in [6, 6.07) is 10.7. The first kappa shape index (κ1) is 19.7. The molecule has 0 saturated heterocycles. The third kappa shape index (κ3) is 5.44. The summed E-state index contributed by atoms with van der Waals surface area (Å²) in [6.45, 7) is -3.52. The summed E-state index contributed by atoms with van der Waals surface area (Å²) in [6.07, 6.45) is 5.29. The van der Waals surface area contributed by atoms with Crippen molar-refractivity contribution in [3.8, 4) is 23.8 Å². The molecule has 2 aromatic carbocycles. The van der Waals surface area contributed by atoms with Crippen molar-refractivity contribution in [1.29, 1.82) is 0 Å². The number of carbonyl (C=O) groups is 2. The Kier molecular flexibility index (Phi) is 6.72. The maximum Gasteiger partial charge on any atom is 0.387 e. The number of para-hydroxylation sites is 1. The molecule has 2 rings (SSSR count). The van der Waals surface area contributed by atoms with Crippen molar-refractivity contribution in [3.05, 3.63) is 53.6 Å². The standard InChI is InChI=1S/C19H16F2N2O4/c1-3-12-6-4-7-13(10-12)23-16(24)11-22-18(25)14-8-5-9-15(26-2)17(14)27-19(20)21/h1,4-10,19H,11H2,2H3,(H,22,25)(H,23,24). The van der Waals surface area contributed by atoms with Crippen LogP contribution in [0, 0.1) is 12.3 Å². The van der Waals surface area contributed by atoms with Gasteiger partial charge in [0.15, 0.2) is 11.5 Å². The summed E-state index contributed by atoms with van der Waals surface area (Å²) in [4.78, 5) is 24.3. The van der Waals surface area contributed by atoms with Gasteiger partial charge in [-0.15, -0.1) is 6.42 Å². The SMILES string of the molecule is C#Cc1cccc(NC(=O)CNC(=O)c2cccc(OC)c2OC(F)F)c1. The van der Waals surface area contributed by atoms with Crippen LogP contribution >= 0.6 is 0 Å². The van der Waals surface area contributed by atoms with Crippen molar-refractivity contribution < 1.29 is 27.8 Å². The van der Waals surface area contributed by atoms with Crippen molar-refractivity contribution in [2.45, 2.75) is 6.61 Å². The van der Waals surface area contributed by atoms with Gasteiger partial charge in [-0.05, 0) is 30.3 Å². The minimum Gasteiger partial charge on any atom is -0.493 e. The van der Waals surface area contributed by atoms with Gasteiger partial charge >= 0.3 is 6.61 Å². The first-order valence-corrected chi connectivity index (χ1v) is 7.71. The van der Waals surface area contributed by atoms with Crippen LogP contribution in [0.15, 0.2) is 42.5 Å². The van der Waals surface area contributed by atoms with Crippen LogP contribution in [-0.2, 0) is 4.79 Å². The van der Waals surface area contributed by atoms with E-state index in [1.807, 2.05) is 0 Å². The maximum atomic E-state index is 12.6. The molecule has 0 bridgehead atoms. The molecule has 0 fully saturated rings. The highest BCUT2D eigenvalue weighted by atomic mass is 19.3. The first-order valence-electron chi connectivity index (χ1n) is 7.71. The average molecular weight is 374 g/mol. The Morgan fingerprint density at radius 2 is 1.96 bits per heavy atom. The first-order chi connectivity index (χ1) is 12.9. The zero-order chi connectivity index (χ0) is 19.8. The fraction of sp³-hybridized carbons (Fsp3) is 0.158. The fourth-order valence-electron chi connectivity index (χ4n) is 2.21. The predicted molar refractivity (Wildman–Crippen MR) is 95.0 cm³/mol. The van der Waals surface area contributed by atoms with Crippen molar-refractivity contribution in [1.82, 2.24) is 5.32 Å². The van der Waals surface area contributed by atoms with E-state index < -0.39 is 24.2 Å². The van der Waals surface area contributed by atoms with Gasteiger partial charge in [0.2, 0.25) is 5.91 Å². The molecule has 0 aliphatic rings. The number of anilines is 1. The minimum absolute atomic E-state index is 0.0292. The number of halogens is 2. The Balaban J connectivity index is 2.05. The summed E-state index contributed by atoms with van der Waals surface area (Å²) in [5.41, 5.74) is 0.867. The van der Waals surface area contributed by atoms with Gasteiger partial charge in [0.1, 0.15) is 0 Å². The molecule has 0 saturated carbocycles. The normalized spacial score (nSPS) is 10.0. The van der Waals surface area contributed by atoms with Crippen LogP contribution < -0.4 is 20.1 Å². The Bertz CT molecular complexity index is 878. The highest BCUT2D eigenvalue weighted by Crippen LogP contribution is 2.32. The van der Waals surface area contributed by atoms with Crippen LogP contribution in [0.2, 0.25) is 0 Å². The molecule has 2 N–H and O–H groups in total. The Morgan fingerprint density at radius 1 is 1.22 bits per heavy atom. The molecule has 27 heavy (non-hydrogen) atoms. The number of benzene rings is 2. The van der Waals surface area contributed by atoms with Crippen molar-refractivity contribution in [3.63, 3.8) is 0 Å². The van der Waals surface area contributed by atoms with Gasteiger partial charge in [-0.25, -0.2) is 0 Å². The summed E-state index contributed by atoms with van der Waals surface area (Å²) < 4.78 is 34.5. The number of alkyl halides is 2. The molecule has 0 aliphatic carbocycles. The lowest BCUT2D eigenvalue weighted by Crippen LogP contribution is -2.33. The molecule has 0 heterocycles. The molecular formula is C19H16F2N2O4. The number of methoxy groups -OCH3 is 1. The van der Waals surface area contributed by atoms with Crippen LogP contribution in [-0.4, -0.2) is 32.1 Å². The fourth-order valence-corrected chi connectivity index (χ4v) is 2.21. The van der Waals surface area contributed by atoms with Crippen LogP contribution in [0.4, 0.5) is 14.5 Å². The van der Waals surface area contributed by atoms with Crippen LogP contribution in [0.1, 0.15) is 15.9 Å². The largest absolute Gasteiger partial charge is 0.493 e. The molecule has 0 atom stereocenters. The maximum absolute atomic E-state index is 12.6. The number of rotatable bonds is 7. The molecular weight excluding hydrogens is 358 g/mol. The second-order valence-electron chi connectivity index (χ2n) is 5.17. The second kappa shape index (κ2) is 9.20. The molecule has 6 nitrogen and oxygen atoms in total. The third-order valence-corrected chi connectivity index (χ3v) is 3.37. The molecule has 2 amide bonds. The van der Waals surface area contributed by atoms with Gasteiger partial charge in [0, 0.05) is 11.3 Å². The van der Waals surface area contributed by atoms with E-state index >= 15 is 0 Å². The lowest BCUT2D eigenvalue weighted by molar-refractivity contribution is -0.115. The topological polar surface area (TPSA) is 76.7 Å². The van der Waals surface area contributed by atoms with Crippen molar-refractivity contribution >= 4 is 17.5 Å². The number of hydrogen-bond donors (Lipinski definition) is 2. The molecule has 0 spiro atoms. The predicted octanol–water partition coefficient (Wildman–Crippen LogP) is 2.65. The zero-order valence-corrected chi connectivity index (χ0v) is 14.3. The number of amides is 2. The van der Waals surface area contributed by atoms with E-state index in [0.717, 1.165) is 0 Å². The molecule has 2 aromatic rings. The van der Waals surface area contributed by atoms with E-state index in [1.54, 1.807) is 24.3 Å². The number of nitrogens with one attached hydrogen (secondary N) is 2. The Hall–Kier alpha value is -3.60. The van der Waals surface area contributed by atoms with Gasteiger partial charge in [0.05, 0.1) is 19.2 Å². The van der Waals surface area contributed by atoms with E-state index in [0.29, 0.717) is 11.3 Å². The van der Waals surface area contributed by atoms with Gasteiger partial charge in [-0.2, -0.15) is 8.78 Å². The monoisotopic (exact) mass is 374 g/mol. The number of ether oxygens (including phenoxy) is 2. The number of carbonyl (C=O) groups excluding carboxylic acids is 2. The van der Waals surface area contributed by atoms with E-state index in [2.05, 4.69) is 21.3 Å². The molecule has 8 heteroatoms. The zero-order valence-electron chi connectivity index (χ0n) is 14.3. The lowest BCUT2D eigenvalue weighted by atomic mass is 10.1. The van der Waals surface area contributed by atoms with Gasteiger partial charge in [-0.1, -0.05) is 18.1 Å². The van der Waals surface area contributed by atoms with Crippen molar-refractivity contribution in [2.24, 2.45) is 0 Å². The van der Waals surface area contributed by atoms with Gasteiger partial charge in [0.25, 0.3) is 5.91 Å². The smallest absolute Gasteiger partial charge is 0.387 e. The Morgan fingerprint density at radius 3 is 2.63 bits per heavy atom. The lowest BCUT2D eigenvalue weighted by Gasteiger charge is -2.14. The summed E-state index contributed by atoms with van der Waals surface area (Å²) in [5.74, 6) is 0.716. The van der Waals surface area contributed by atoms with Crippen molar-refractivity contribution in [2.75, 3.05) is 19.0 Å². The molecule has 0 unspecified atom stereocenters.